The van der Waals surface area contributed by atoms with Gasteiger partial charge in [0.25, 0.3) is 0 Å². The monoisotopic (exact) mass is 310 g/mol. The summed E-state index contributed by atoms with van der Waals surface area (Å²) in [4.78, 5) is 0.361. The Kier molecular flexibility index (Phi) is 4.76. The average molecular weight is 310 g/mol. The third-order valence-corrected chi connectivity index (χ3v) is 6.33. The highest BCUT2D eigenvalue weighted by Crippen LogP contribution is 2.32. The maximum absolute atomic E-state index is 12.7. The first-order valence-electron chi connectivity index (χ1n) is 7.59. The van der Waals surface area contributed by atoms with Crippen molar-refractivity contribution >= 4 is 10.0 Å². The van der Waals surface area contributed by atoms with Crippen LogP contribution in [0.5, 0.6) is 0 Å². The summed E-state index contributed by atoms with van der Waals surface area (Å²) < 4.78 is 28.3. The zero-order chi connectivity index (χ0) is 15.7. The quantitative estimate of drug-likeness (QED) is 0.897. The molecule has 1 aliphatic carbocycles. The van der Waals surface area contributed by atoms with Crippen molar-refractivity contribution in [1.29, 1.82) is 0 Å². The molecule has 0 atom stereocenters. The summed E-state index contributed by atoms with van der Waals surface area (Å²) in [5.41, 5.74) is 7.26. The van der Waals surface area contributed by atoms with Crippen LogP contribution in [-0.4, -0.2) is 20.5 Å². The minimum absolute atomic E-state index is 0.351. The fraction of sp³-hybridized carbons (Fsp3) is 0.625. The summed E-state index contributed by atoms with van der Waals surface area (Å²) in [5.74, 6) is 0.648. The molecule has 3 N–H and O–H groups in total. The Hall–Kier alpha value is -0.910. The van der Waals surface area contributed by atoms with E-state index in [1.165, 1.54) is 0 Å². The Morgan fingerprint density at radius 2 is 1.90 bits per heavy atom. The summed E-state index contributed by atoms with van der Waals surface area (Å²) in [6.07, 6.45) is 3.67. The van der Waals surface area contributed by atoms with Gasteiger partial charge in [0, 0.05) is 12.1 Å². The highest BCUT2D eigenvalue weighted by molar-refractivity contribution is 7.89. The minimum atomic E-state index is -3.53. The number of nitrogens with two attached hydrogens (primary N) is 1. The molecule has 0 radical (unpaired) electrons. The van der Waals surface area contributed by atoms with Crippen molar-refractivity contribution in [3.05, 3.63) is 29.3 Å². The van der Waals surface area contributed by atoms with Gasteiger partial charge in [0.2, 0.25) is 10.0 Å². The molecule has 0 aliphatic heterocycles. The van der Waals surface area contributed by atoms with Crippen LogP contribution in [0, 0.1) is 19.8 Å². The van der Waals surface area contributed by atoms with Gasteiger partial charge in [0.1, 0.15) is 0 Å². The number of aryl methyl sites for hydroxylation is 2. The van der Waals surface area contributed by atoms with Crippen molar-refractivity contribution in [2.45, 2.75) is 56.9 Å². The number of nitrogens with one attached hydrogen (secondary N) is 1. The van der Waals surface area contributed by atoms with Crippen molar-refractivity contribution in [3.63, 3.8) is 0 Å². The van der Waals surface area contributed by atoms with Crippen LogP contribution >= 0.6 is 0 Å². The lowest BCUT2D eigenvalue weighted by Gasteiger charge is -2.39. The van der Waals surface area contributed by atoms with E-state index in [2.05, 4.69) is 11.6 Å². The van der Waals surface area contributed by atoms with Crippen LogP contribution in [0.1, 0.15) is 43.7 Å². The molecule has 1 saturated carbocycles. The largest absolute Gasteiger partial charge is 0.329 e. The van der Waals surface area contributed by atoms with Gasteiger partial charge in [0.15, 0.2) is 0 Å². The van der Waals surface area contributed by atoms with Gasteiger partial charge in [-0.15, -0.1) is 0 Å². The molecule has 0 unspecified atom stereocenters. The maximum Gasteiger partial charge on any atom is 0.241 e. The Morgan fingerprint density at radius 1 is 1.29 bits per heavy atom. The first-order chi connectivity index (χ1) is 9.78. The Morgan fingerprint density at radius 3 is 2.43 bits per heavy atom. The topological polar surface area (TPSA) is 72.2 Å². The predicted octanol–water partition coefficient (Wildman–Crippen LogP) is 2.49. The maximum atomic E-state index is 12.7. The van der Waals surface area contributed by atoms with Crippen LogP contribution < -0.4 is 10.5 Å². The van der Waals surface area contributed by atoms with E-state index in [1.54, 1.807) is 6.07 Å². The average Bonchev–Trinajstić information content (AvgIpc) is 2.41. The molecular formula is C16H26N2O2S. The third-order valence-electron chi connectivity index (χ3n) is 4.59. The van der Waals surface area contributed by atoms with Crippen molar-refractivity contribution < 1.29 is 8.42 Å². The lowest BCUT2D eigenvalue weighted by atomic mass is 9.78. The van der Waals surface area contributed by atoms with Crippen molar-refractivity contribution in [1.82, 2.24) is 4.72 Å². The smallest absolute Gasteiger partial charge is 0.241 e. The molecule has 4 nitrogen and oxygen atoms in total. The Balaban J connectivity index is 2.27. The van der Waals surface area contributed by atoms with E-state index in [-0.39, 0.29) is 0 Å². The SMILES string of the molecule is Cc1ccc(S(=O)(=O)NC2(CN)CCC(C)CC2)c(C)c1. The molecular weight excluding hydrogens is 284 g/mol. The van der Waals surface area contributed by atoms with E-state index in [9.17, 15) is 8.42 Å². The third kappa shape index (κ3) is 3.65. The molecule has 0 bridgehead atoms. The molecule has 21 heavy (non-hydrogen) atoms. The molecule has 2 rings (SSSR count). The van der Waals surface area contributed by atoms with Crippen LogP contribution in [0.4, 0.5) is 0 Å². The Bertz CT molecular complexity index is 603. The van der Waals surface area contributed by atoms with Crippen molar-refractivity contribution in [2.75, 3.05) is 6.54 Å². The van der Waals surface area contributed by atoms with Gasteiger partial charge in [-0.25, -0.2) is 13.1 Å². The summed E-state index contributed by atoms with van der Waals surface area (Å²) in [7, 11) is -3.53. The molecule has 0 aromatic heterocycles. The summed E-state index contributed by atoms with van der Waals surface area (Å²) >= 11 is 0. The number of hydrogen-bond donors (Lipinski definition) is 2. The van der Waals surface area contributed by atoms with Crippen LogP contribution in [0.25, 0.3) is 0 Å². The minimum Gasteiger partial charge on any atom is -0.329 e. The molecule has 5 heteroatoms. The van der Waals surface area contributed by atoms with E-state index in [1.807, 2.05) is 26.0 Å². The Labute approximate surface area is 128 Å². The second-order valence-corrected chi connectivity index (χ2v) is 8.19. The van der Waals surface area contributed by atoms with Crippen LogP contribution in [-0.2, 0) is 10.0 Å². The van der Waals surface area contributed by atoms with E-state index in [4.69, 9.17) is 5.73 Å². The first kappa shape index (κ1) is 16.5. The first-order valence-corrected chi connectivity index (χ1v) is 9.08. The van der Waals surface area contributed by atoms with Crippen LogP contribution in [0.15, 0.2) is 23.1 Å². The van der Waals surface area contributed by atoms with Gasteiger partial charge in [-0.3, -0.25) is 0 Å². The fourth-order valence-electron chi connectivity index (χ4n) is 3.10. The zero-order valence-electron chi connectivity index (χ0n) is 13.1. The fourth-order valence-corrected chi connectivity index (χ4v) is 4.80. The number of benzene rings is 1. The van der Waals surface area contributed by atoms with Gasteiger partial charge >= 0.3 is 0 Å². The second kappa shape index (κ2) is 6.07. The summed E-state index contributed by atoms with van der Waals surface area (Å²) in [6.45, 7) is 6.35. The van der Waals surface area contributed by atoms with Crippen molar-refractivity contribution in [2.24, 2.45) is 11.7 Å². The van der Waals surface area contributed by atoms with Crippen LogP contribution in [0.3, 0.4) is 0 Å². The van der Waals surface area contributed by atoms with E-state index >= 15 is 0 Å². The number of rotatable bonds is 4. The zero-order valence-corrected chi connectivity index (χ0v) is 14.0. The van der Waals surface area contributed by atoms with Gasteiger partial charge in [-0.2, -0.15) is 0 Å². The summed E-state index contributed by atoms with van der Waals surface area (Å²) in [5, 5.41) is 0. The lowest BCUT2D eigenvalue weighted by Crippen LogP contribution is -2.55. The van der Waals surface area contributed by atoms with Crippen LogP contribution in [0.2, 0.25) is 0 Å². The van der Waals surface area contributed by atoms with Gasteiger partial charge in [0.05, 0.1) is 4.90 Å². The normalized spacial score (nSPS) is 26.8. The number of sulfonamides is 1. The van der Waals surface area contributed by atoms with E-state index in [0.717, 1.165) is 36.8 Å². The standard InChI is InChI=1S/C16H26N2O2S/c1-12-6-8-16(11-17,9-7-12)18-21(19,20)15-5-4-13(2)10-14(15)3/h4-5,10,12,18H,6-9,11,17H2,1-3H3. The highest BCUT2D eigenvalue weighted by atomic mass is 32.2. The van der Waals surface area contributed by atoms with Gasteiger partial charge < -0.3 is 5.73 Å². The molecule has 0 heterocycles. The molecule has 0 saturated heterocycles. The molecule has 1 fully saturated rings. The second-order valence-electron chi connectivity index (χ2n) is 6.54. The summed E-state index contributed by atoms with van der Waals surface area (Å²) in [6, 6.07) is 5.41. The molecule has 1 aromatic rings. The molecule has 118 valence electrons. The van der Waals surface area contributed by atoms with Crippen molar-refractivity contribution in [3.8, 4) is 0 Å². The van der Waals surface area contributed by atoms with Gasteiger partial charge in [-0.05, 0) is 57.1 Å². The predicted molar refractivity (Wildman–Crippen MR) is 85.7 cm³/mol. The number of hydrogen-bond acceptors (Lipinski definition) is 3. The van der Waals surface area contributed by atoms with Gasteiger partial charge in [-0.1, -0.05) is 24.6 Å². The molecule has 0 amide bonds. The van der Waals surface area contributed by atoms with E-state index in [0.29, 0.717) is 17.4 Å². The van der Waals surface area contributed by atoms with E-state index < -0.39 is 15.6 Å². The lowest BCUT2D eigenvalue weighted by molar-refractivity contribution is 0.231. The molecule has 1 aliphatic rings. The molecule has 0 spiro atoms. The molecule has 1 aromatic carbocycles. The highest BCUT2D eigenvalue weighted by Gasteiger charge is 2.37.